The monoisotopic (exact) mass is 273 g/mol. The summed E-state index contributed by atoms with van der Waals surface area (Å²) in [7, 11) is 2.10. The molecule has 2 rings (SSSR count). The smallest absolute Gasteiger partial charge is 0.143 e. The molecule has 2 nitrogen and oxygen atoms in total. The van der Waals surface area contributed by atoms with Crippen molar-refractivity contribution in [1.29, 1.82) is 0 Å². The molecule has 0 bridgehead atoms. The van der Waals surface area contributed by atoms with Gasteiger partial charge in [-0.2, -0.15) is 0 Å². The lowest BCUT2D eigenvalue weighted by molar-refractivity contribution is -0.133. The van der Waals surface area contributed by atoms with Gasteiger partial charge in [-0.3, -0.25) is 4.79 Å². The second-order valence-corrected chi connectivity index (χ2v) is 7.06. The van der Waals surface area contributed by atoms with E-state index in [2.05, 4.69) is 57.8 Å². The van der Waals surface area contributed by atoms with E-state index in [1.165, 1.54) is 23.2 Å². The van der Waals surface area contributed by atoms with E-state index in [1.807, 2.05) is 0 Å². The summed E-state index contributed by atoms with van der Waals surface area (Å²) < 4.78 is 0. The molecule has 1 fully saturated rings. The Morgan fingerprint density at radius 2 is 1.80 bits per heavy atom. The molecule has 110 valence electrons. The minimum Gasteiger partial charge on any atom is -0.374 e. The van der Waals surface area contributed by atoms with Crippen molar-refractivity contribution in [3.05, 3.63) is 29.3 Å². The third-order valence-electron chi connectivity index (χ3n) is 4.53. The number of benzene rings is 1. The van der Waals surface area contributed by atoms with E-state index in [-0.39, 0.29) is 11.3 Å². The highest BCUT2D eigenvalue weighted by atomic mass is 16.1. The van der Waals surface area contributed by atoms with Gasteiger partial charge in [0.2, 0.25) is 0 Å². The summed E-state index contributed by atoms with van der Waals surface area (Å²) in [6.45, 7) is 9.28. The number of Topliss-reactive ketones (excluding diaryl/α,β-unsaturated/α-hetero) is 1. The van der Waals surface area contributed by atoms with Crippen LogP contribution in [0.3, 0.4) is 0 Å². The van der Waals surface area contributed by atoms with Gasteiger partial charge >= 0.3 is 0 Å². The molecule has 20 heavy (non-hydrogen) atoms. The van der Waals surface area contributed by atoms with Crippen molar-refractivity contribution in [2.45, 2.75) is 47.0 Å². The van der Waals surface area contributed by atoms with Gasteiger partial charge in [0.05, 0.1) is 0 Å². The summed E-state index contributed by atoms with van der Waals surface area (Å²) in [6, 6.07) is 6.59. The van der Waals surface area contributed by atoms with Crippen LogP contribution in [0, 0.1) is 25.2 Å². The number of carbonyl (C=O) groups excluding carboxylic acids is 1. The zero-order chi connectivity index (χ0) is 14.9. The third-order valence-corrected chi connectivity index (χ3v) is 4.53. The van der Waals surface area contributed by atoms with Crippen LogP contribution >= 0.6 is 0 Å². The van der Waals surface area contributed by atoms with E-state index in [9.17, 15) is 4.79 Å². The Morgan fingerprint density at radius 1 is 1.20 bits per heavy atom. The van der Waals surface area contributed by atoms with Gasteiger partial charge in [-0.25, -0.2) is 0 Å². The van der Waals surface area contributed by atoms with Crippen molar-refractivity contribution in [2.24, 2.45) is 11.3 Å². The second kappa shape index (κ2) is 5.59. The first kappa shape index (κ1) is 15.1. The molecule has 1 aromatic rings. The fourth-order valence-electron chi connectivity index (χ4n) is 3.38. The van der Waals surface area contributed by atoms with E-state index in [4.69, 9.17) is 0 Å². The van der Waals surface area contributed by atoms with E-state index < -0.39 is 0 Å². The summed E-state index contributed by atoms with van der Waals surface area (Å²) in [5.41, 5.74) is 3.65. The van der Waals surface area contributed by atoms with Crippen LogP contribution in [0.5, 0.6) is 0 Å². The number of hydrogen-bond acceptors (Lipinski definition) is 2. The van der Waals surface area contributed by atoms with Crippen LogP contribution in [-0.4, -0.2) is 19.4 Å². The van der Waals surface area contributed by atoms with Crippen LogP contribution in [0.15, 0.2) is 18.2 Å². The lowest BCUT2D eigenvalue weighted by Gasteiger charge is -2.36. The van der Waals surface area contributed by atoms with Crippen molar-refractivity contribution in [1.82, 2.24) is 0 Å². The molecular formula is C18H27NO. The van der Waals surface area contributed by atoms with E-state index in [0.717, 1.165) is 19.4 Å². The molecule has 1 unspecified atom stereocenters. The Balaban J connectivity index is 2.11. The maximum Gasteiger partial charge on any atom is 0.143 e. The highest BCUT2D eigenvalue weighted by molar-refractivity contribution is 5.87. The van der Waals surface area contributed by atoms with Crippen molar-refractivity contribution in [3.63, 3.8) is 0 Å². The molecule has 1 aromatic carbocycles. The average Bonchev–Trinajstić information content (AvgIpc) is 2.33. The molecule has 0 heterocycles. The zero-order valence-electron chi connectivity index (χ0n) is 13.5. The van der Waals surface area contributed by atoms with Crippen molar-refractivity contribution >= 4 is 11.5 Å². The third kappa shape index (κ3) is 3.23. The van der Waals surface area contributed by atoms with Crippen LogP contribution in [0.4, 0.5) is 5.69 Å². The van der Waals surface area contributed by atoms with Gasteiger partial charge in [-0.05, 0) is 49.9 Å². The van der Waals surface area contributed by atoms with Crippen LogP contribution < -0.4 is 4.90 Å². The Hall–Kier alpha value is -1.31. The first-order valence-corrected chi connectivity index (χ1v) is 7.63. The molecule has 1 aliphatic carbocycles. The van der Waals surface area contributed by atoms with E-state index in [1.54, 1.807) is 0 Å². The topological polar surface area (TPSA) is 20.3 Å². The van der Waals surface area contributed by atoms with Gasteiger partial charge in [0.1, 0.15) is 5.78 Å². The number of ketones is 1. The molecule has 0 N–H and O–H groups in total. The minimum atomic E-state index is -0.133. The number of carbonyl (C=O) groups is 1. The van der Waals surface area contributed by atoms with Gasteiger partial charge in [-0.15, -0.1) is 0 Å². The SMILES string of the molecule is Cc1cc(C)cc(N(C)CC2CCCC(C)(C)C2=O)c1. The van der Waals surface area contributed by atoms with Crippen molar-refractivity contribution in [3.8, 4) is 0 Å². The molecule has 2 heteroatoms. The van der Waals surface area contributed by atoms with Crippen molar-refractivity contribution < 1.29 is 4.79 Å². The molecule has 1 saturated carbocycles. The summed E-state index contributed by atoms with van der Waals surface area (Å²) in [5.74, 6) is 0.629. The molecule has 0 amide bonds. The number of anilines is 1. The summed E-state index contributed by atoms with van der Waals surface area (Å²) in [4.78, 5) is 14.8. The predicted molar refractivity (Wildman–Crippen MR) is 85.3 cm³/mol. The van der Waals surface area contributed by atoms with Gasteiger partial charge < -0.3 is 4.90 Å². The number of hydrogen-bond donors (Lipinski definition) is 0. The Labute approximate surface area is 123 Å². The zero-order valence-corrected chi connectivity index (χ0v) is 13.5. The quantitative estimate of drug-likeness (QED) is 0.825. The first-order chi connectivity index (χ1) is 9.29. The minimum absolute atomic E-state index is 0.133. The molecule has 1 aliphatic rings. The van der Waals surface area contributed by atoms with Gasteiger partial charge in [0.15, 0.2) is 0 Å². The highest BCUT2D eigenvalue weighted by Crippen LogP contribution is 2.36. The van der Waals surface area contributed by atoms with E-state index in [0.29, 0.717) is 5.78 Å². The molecule has 1 atom stereocenters. The highest BCUT2D eigenvalue weighted by Gasteiger charge is 2.37. The summed E-state index contributed by atoms with van der Waals surface area (Å²) >= 11 is 0. The van der Waals surface area contributed by atoms with Crippen LogP contribution in [0.2, 0.25) is 0 Å². The number of nitrogens with zero attached hydrogens (tertiary/aromatic N) is 1. The molecule has 0 aromatic heterocycles. The summed E-state index contributed by atoms with van der Waals surface area (Å²) in [6.07, 6.45) is 3.25. The average molecular weight is 273 g/mol. The summed E-state index contributed by atoms with van der Waals surface area (Å²) in [5, 5.41) is 0. The molecular weight excluding hydrogens is 246 g/mol. The maximum atomic E-state index is 12.5. The lowest BCUT2D eigenvalue weighted by Crippen LogP contribution is -2.40. The van der Waals surface area contributed by atoms with Crippen LogP contribution in [-0.2, 0) is 4.79 Å². The van der Waals surface area contributed by atoms with Crippen molar-refractivity contribution in [2.75, 3.05) is 18.5 Å². The van der Waals surface area contributed by atoms with Gasteiger partial charge in [0.25, 0.3) is 0 Å². The first-order valence-electron chi connectivity index (χ1n) is 7.63. The second-order valence-electron chi connectivity index (χ2n) is 7.06. The fourth-order valence-corrected chi connectivity index (χ4v) is 3.38. The number of aryl methyl sites for hydroxylation is 2. The number of rotatable bonds is 3. The van der Waals surface area contributed by atoms with Crippen LogP contribution in [0.25, 0.3) is 0 Å². The normalized spacial score (nSPS) is 21.9. The van der Waals surface area contributed by atoms with Gasteiger partial charge in [-0.1, -0.05) is 26.3 Å². The standard InChI is InChI=1S/C18H27NO/c1-13-9-14(2)11-16(10-13)19(5)12-15-7-6-8-18(3,4)17(15)20/h9-11,15H,6-8,12H2,1-5H3. The maximum absolute atomic E-state index is 12.5. The van der Waals surface area contributed by atoms with Gasteiger partial charge in [0, 0.05) is 30.6 Å². The molecule has 0 radical (unpaired) electrons. The largest absolute Gasteiger partial charge is 0.374 e. The Kier molecular flexibility index (Phi) is 4.22. The molecule has 0 spiro atoms. The Bertz CT molecular complexity index is 484. The fraction of sp³-hybridized carbons (Fsp3) is 0.611. The Morgan fingerprint density at radius 3 is 2.40 bits per heavy atom. The predicted octanol–water partition coefficient (Wildman–Crippen LogP) is 4.14. The van der Waals surface area contributed by atoms with E-state index >= 15 is 0 Å². The molecule has 0 aliphatic heterocycles. The lowest BCUT2D eigenvalue weighted by atomic mass is 9.71. The van der Waals surface area contributed by atoms with Crippen LogP contribution in [0.1, 0.15) is 44.2 Å². The molecule has 0 saturated heterocycles.